The Morgan fingerprint density at radius 2 is 1.18 bits per heavy atom. The molecule has 1 saturated heterocycles. The van der Waals surface area contributed by atoms with E-state index in [1.807, 2.05) is 0 Å². The van der Waals surface area contributed by atoms with E-state index < -0.39 is 64.3 Å². The quantitative estimate of drug-likeness (QED) is 0.142. The highest BCUT2D eigenvalue weighted by Gasteiger charge is 2.50. The van der Waals surface area contributed by atoms with Gasteiger partial charge in [0.1, 0.15) is 12.6 Å². The van der Waals surface area contributed by atoms with Gasteiger partial charge in [-0.25, -0.2) is 0 Å². The Hall–Kier alpha value is -1.00. The van der Waals surface area contributed by atoms with Gasteiger partial charge in [0.2, 0.25) is 0 Å². The summed E-state index contributed by atoms with van der Waals surface area (Å²) < 4.78 is 103. The van der Waals surface area contributed by atoms with Crippen molar-refractivity contribution in [3.05, 3.63) is 0 Å². The Morgan fingerprint density at radius 3 is 1.76 bits per heavy atom. The average molecular weight is 770 g/mol. The zero-order chi connectivity index (χ0) is 36.0. The molecule has 6 aliphatic rings. The first-order chi connectivity index (χ1) is 23.4. The molecule has 5 saturated carbocycles. The second-order valence-corrected chi connectivity index (χ2v) is 21.0. The van der Waals surface area contributed by atoms with Gasteiger partial charge in [-0.2, -0.15) is 25.3 Å². The Labute approximate surface area is 295 Å². The SMILES string of the molecule is O=C(O)C1CCCC(CC2NC(NC3CCC4C(CCCC4S(=O)(=O)O)C3)NC(NC3CCC4C(C3)CC(S(=O)(=O)O)CC4S(=O)(=O)O)N2)C1. The molecular formula is C31H55N5O11S3. The van der Waals surface area contributed by atoms with E-state index in [-0.39, 0.29) is 67.0 Å². The molecule has 5 aliphatic carbocycles. The molecule has 1 aliphatic heterocycles. The van der Waals surface area contributed by atoms with Gasteiger partial charge < -0.3 is 5.11 Å². The fraction of sp³-hybridized carbons (Fsp3) is 0.968. The lowest BCUT2D eigenvalue weighted by Gasteiger charge is -2.48. The number of carboxylic acid groups (broad SMARTS) is 1. The molecule has 0 aromatic carbocycles. The summed E-state index contributed by atoms with van der Waals surface area (Å²) in [5, 5.41) is 24.5. The van der Waals surface area contributed by atoms with E-state index in [0.717, 1.165) is 38.5 Å². The summed E-state index contributed by atoms with van der Waals surface area (Å²) in [6, 6.07) is -0.0248. The Bertz CT molecular complexity index is 1550. The first-order valence-corrected chi connectivity index (χ1v) is 22.9. The van der Waals surface area contributed by atoms with Crippen LogP contribution in [0, 0.1) is 35.5 Å². The highest BCUT2D eigenvalue weighted by molar-refractivity contribution is 7.87. The molecule has 9 N–H and O–H groups in total. The van der Waals surface area contributed by atoms with Crippen LogP contribution in [-0.2, 0) is 35.1 Å². The van der Waals surface area contributed by atoms with Crippen molar-refractivity contribution in [2.24, 2.45) is 35.5 Å². The molecule has 0 amide bonds. The molecule has 0 aromatic heterocycles. The molecule has 50 heavy (non-hydrogen) atoms. The van der Waals surface area contributed by atoms with Crippen molar-refractivity contribution < 1.29 is 48.8 Å². The second-order valence-electron chi connectivity index (χ2n) is 16.1. The molecule has 0 aromatic rings. The number of aliphatic carboxylic acids is 1. The molecule has 19 heteroatoms. The fourth-order valence-electron chi connectivity index (χ4n) is 10.7. The molecule has 14 unspecified atom stereocenters. The molecule has 288 valence electrons. The predicted molar refractivity (Wildman–Crippen MR) is 183 cm³/mol. The van der Waals surface area contributed by atoms with Crippen LogP contribution in [0.1, 0.15) is 103 Å². The van der Waals surface area contributed by atoms with Gasteiger partial charge in [-0.3, -0.25) is 45.0 Å². The van der Waals surface area contributed by atoms with Crippen molar-refractivity contribution >= 4 is 36.3 Å². The van der Waals surface area contributed by atoms with Crippen LogP contribution in [0.15, 0.2) is 0 Å². The maximum atomic E-state index is 12.3. The number of nitrogens with one attached hydrogen (secondary N) is 5. The molecule has 16 nitrogen and oxygen atoms in total. The Morgan fingerprint density at radius 1 is 0.600 bits per heavy atom. The van der Waals surface area contributed by atoms with Crippen LogP contribution in [0.2, 0.25) is 0 Å². The summed E-state index contributed by atoms with van der Waals surface area (Å²) in [7, 11) is -13.1. The van der Waals surface area contributed by atoms with Gasteiger partial charge >= 0.3 is 5.97 Å². The lowest BCUT2D eigenvalue weighted by atomic mass is 9.69. The third kappa shape index (κ3) is 9.37. The number of rotatable bonds is 10. The molecule has 0 bridgehead atoms. The zero-order valence-corrected chi connectivity index (χ0v) is 30.7. The van der Waals surface area contributed by atoms with Crippen LogP contribution in [0.3, 0.4) is 0 Å². The highest BCUT2D eigenvalue weighted by atomic mass is 32.2. The third-order valence-corrected chi connectivity index (χ3v) is 16.8. The van der Waals surface area contributed by atoms with Crippen molar-refractivity contribution in [2.45, 2.75) is 149 Å². The van der Waals surface area contributed by atoms with E-state index in [1.54, 1.807) is 0 Å². The number of hydrogen-bond donors (Lipinski definition) is 9. The summed E-state index contributed by atoms with van der Waals surface area (Å²) >= 11 is 0. The van der Waals surface area contributed by atoms with Crippen LogP contribution in [-0.4, -0.2) is 96.6 Å². The van der Waals surface area contributed by atoms with Crippen molar-refractivity contribution in [3.8, 4) is 0 Å². The first-order valence-electron chi connectivity index (χ1n) is 18.4. The standard InChI is InChI=1S/C31H55N5O11S3/c37-29(38)19-5-1-3-17(11-19)12-28-34-30(32-21-7-9-24-18(13-21)4-2-6-26(24)49(42,43)44)36-31(35-28)33-22-8-10-25-20(14-22)15-23(48(39,40)41)16-27(25)50(45,46)47/h17-28,30-36H,1-16H2,(H,37,38)(H,39,40,41)(H,42,43,44)(H,45,46,47). The van der Waals surface area contributed by atoms with Gasteiger partial charge in [0, 0.05) is 12.1 Å². The maximum absolute atomic E-state index is 12.3. The smallest absolute Gasteiger partial charge is 0.306 e. The minimum atomic E-state index is -4.52. The van der Waals surface area contributed by atoms with Crippen molar-refractivity contribution in [1.29, 1.82) is 0 Å². The number of fused-ring (bicyclic) bond motifs is 2. The summed E-state index contributed by atoms with van der Waals surface area (Å²) in [5.74, 6) is -1.55. The minimum absolute atomic E-state index is 0.0582. The lowest BCUT2D eigenvalue weighted by Crippen LogP contribution is -2.76. The van der Waals surface area contributed by atoms with Gasteiger partial charge in [0.25, 0.3) is 30.4 Å². The number of carbonyl (C=O) groups is 1. The average Bonchev–Trinajstić information content (AvgIpc) is 3.02. The molecule has 1 heterocycles. The Kier molecular flexibility index (Phi) is 11.9. The van der Waals surface area contributed by atoms with Crippen molar-refractivity contribution in [1.82, 2.24) is 26.6 Å². The van der Waals surface area contributed by atoms with E-state index in [1.165, 1.54) is 0 Å². The largest absolute Gasteiger partial charge is 0.481 e. The van der Waals surface area contributed by atoms with E-state index >= 15 is 0 Å². The zero-order valence-electron chi connectivity index (χ0n) is 28.3. The van der Waals surface area contributed by atoms with Crippen molar-refractivity contribution in [2.75, 3.05) is 0 Å². The van der Waals surface area contributed by atoms with E-state index in [9.17, 15) is 48.8 Å². The summed E-state index contributed by atoms with van der Waals surface area (Å²) in [5.41, 5.74) is 0. The molecule has 14 atom stereocenters. The molecule has 0 spiro atoms. The monoisotopic (exact) mass is 769 g/mol. The van der Waals surface area contributed by atoms with E-state index in [0.29, 0.717) is 51.4 Å². The minimum Gasteiger partial charge on any atom is -0.481 e. The Balaban J connectivity index is 1.13. The van der Waals surface area contributed by atoms with Gasteiger partial charge in [-0.15, -0.1) is 0 Å². The second kappa shape index (κ2) is 15.4. The topological polar surface area (TPSA) is 261 Å². The van der Waals surface area contributed by atoms with E-state index in [4.69, 9.17) is 0 Å². The van der Waals surface area contributed by atoms with Gasteiger partial charge in [0.15, 0.2) is 0 Å². The molecule has 6 rings (SSSR count). The highest BCUT2D eigenvalue weighted by Crippen LogP contribution is 2.45. The van der Waals surface area contributed by atoms with E-state index in [2.05, 4.69) is 26.6 Å². The number of carboxylic acids is 1. The fourth-order valence-corrected chi connectivity index (χ4v) is 14.3. The van der Waals surface area contributed by atoms with Crippen LogP contribution in [0.25, 0.3) is 0 Å². The molecule has 0 radical (unpaired) electrons. The van der Waals surface area contributed by atoms with Crippen LogP contribution in [0.4, 0.5) is 0 Å². The van der Waals surface area contributed by atoms with Crippen LogP contribution >= 0.6 is 0 Å². The van der Waals surface area contributed by atoms with Gasteiger partial charge in [0.05, 0.1) is 27.8 Å². The third-order valence-electron chi connectivity index (χ3n) is 12.9. The summed E-state index contributed by atoms with van der Waals surface area (Å²) in [4.78, 5) is 11.8. The van der Waals surface area contributed by atoms with Gasteiger partial charge in [-0.05, 0) is 107 Å². The van der Waals surface area contributed by atoms with Crippen LogP contribution < -0.4 is 26.6 Å². The number of hydrogen-bond acceptors (Lipinski definition) is 12. The predicted octanol–water partition coefficient (Wildman–Crippen LogP) is 1.44. The first kappa shape index (κ1) is 38.7. The molecule has 6 fully saturated rings. The van der Waals surface area contributed by atoms with Gasteiger partial charge in [-0.1, -0.05) is 25.7 Å². The normalized spacial score (nSPS) is 43.3. The lowest BCUT2D eigenvalue weighted by molar-refractivity contribution is -0.143. The van der Waals surface area contributed by atoms with Crippen molar-refractivity contribution in [3.63, 3.8) is 0 Å². The molecular weight excluding hydrogens is 715 g/mol. The maximum Gasteiger partial charge on any atom is 0.306 e. The summed E-state index contributed by atoms with van der Waals surface area (Å²) in [6.45, 7) is 0. The van der Waals surface area contributed by atoms with Crippen LogP contribution in [0.5, 0.6) is 0 Å². The summed E-state index contributed by atoms with van der Waals surface area (Å²) in [6.07, 6.45) is 8.54.